The van der Waals surface area contributed by atoms with Gasteiger partial charge in [-0.3, -0.25) is 4.57 Å². The molecule has 4 aromatic rings. The van der Waals surface area contributed by atoms with Crippen molar-refractivity contribution in [2.75, 3.05) is 19.5 Å². The van der Waals surface area contributed by atoms with Gasteiger partial charge in [0.1, 0.15) is 28.2 Å². The zero-order valence-corrected chi connectivity index (χ0v) is 20.7. The predicted octanol–water partition coefficient (Wildman–Crippen LogP) is 5.33. The number of para-hydroxylation sites is 1. The molecule has 0 aliphatic carbocycles. The summed E-state index contributed by atoms with van der Waals surface area (Å²) in [6.45, 7) is 1.37. The summed E-state index contributed by atoms with van der Waals surface area (Å²) in [5, 5.41) is 30.6. The monoisotopic (exact) mass is 505 g/mol. The van der Waals surface area contributed by atoms with Crippen molar-refractivity contribution in [1.82, 2.24) is 19.7 Å². The summed E-state index contributed by atoms with van der Waals surface area (Å²) in [4.78, 5) is 4.51. The Morgan fingerprint density at radius 1 is 1.26 bits per heavy atom. The van der Waals surface area contributed by atoms with E-state index in [0.29, 0.717) is 16.7 Å². The van der Waals surface area contributed by atoms with Gasteiger partial charge in [-0.25, -0.2) is 4.98 Å². The van der Waals surface area contributed by atoms with Crippen LogP contribution in [-0.4, -0.2) is 50.4 Å². The van der Waals surface area contributed by atoms with Crippen LogP contribution in [0.4, 0.5) is 0 Å². The second-order valence-electron chi connectivity index (χ2n) is 7.99. The number of benzene rings is 2. The van der Waals surface area contributed by atoms with E-state index in [0.717, 1.165) is 46.8 Å². The Morgan fingerprint density at radius 2 is 2.09 bits per heavy atom. The van der Waals surface area contributed by atoms with Gasteiger partial charge >= 0.3 is 0 Å². The lowest BCUT2D eigenvalue weighted by atomic mass is 10.2. The van der Waals surface area contributed by atoms with Gasteiger partial charge in [0.05, 0.1) is 35.7 Å². The number of fused-ring (bicyclic) bond motifs is 1. The van der Waals surface area contributed by atoms with Gasteiger partial charge in [-0.1, -0.05) is 23.9 Å². The molecule has 1 N–H and O–H groups in total. The summed E-state index contributed by atoms with van der Waals surface area (Å²) < 4.78 is 14.1. The highest BCUT2D eigenvalue weighted by Crippen LogP contribution is 2.31. The number of nitrogens with zero attached hydrogens (tertiary/aromatic N) is 5. The molecule has 1 fully saturated rings. The number of hydrogen-bond donors (Lipinski definition) is 1. The molecule has 2 aromatic heterocycles. The van der Waals surface area contributed by atoms with Crippen LogP contribution < -0.4 is 4.74 Å². The maximum Gasteiger partial charge on any atom is 0.192 e. The summed E-state index contributed by atoms with van der Waals surface area (Å²) >= 11 is 2.72. The van der Waals surface area contributed by atoms with E-state index in [1.54, 1.807) is 7.11 Å². The van der Waals surface area contributed by atoms with Crippen molar-refractivity contribution in [3.63, 3.8) is 0 Å². The number of thioether (sulfide) groups is 1. The van der Waals surface area contributed by atoms with Gasteiger partial charge in [-0.2, -0.15) is 5.26 Å². The Labute approximate surface area is 210 Å². The van der Waals surface area contributed by atoms with Crippen molar-refractivity contribution in [3.05, 3.63) is 59.3 Å². The summed E-state index contributed by atoms with van der Waals surface area (Å²) in [7, 11) is 1.63. The highest BCUT2D eigenvalue weighted by Gasteiger charge is 2.23. The maximum absolute atomic E-state index is 10.8. The lowest BCUT2D eigenvalue weighted by molar-refractivity contribution is 0.0953. The highest BCUT2D eigenvalue weighted by molar-refractivity contribution is 7.99. The fraction of sp³-hybridized carbons (Fsp3) is 0.280. The Bertz CT molecular complexity index is 1370. The first kappa shape index (κ1) is 23.4. The van der Waals surface area contributed by atoms with Crippen LogP contribution in [0.3, 0.4) is 0 Å². The van der Waals surface area contributed by atoms with Crippen LogP contribution in [0.15, 0.2) is 59.4 Å². The quantitative estimate of drug-likeness (QED) is 0.195. The SMILES string of the molecule is COc1ccc(-c2nnc(SCC(O)=C(C#N)c3nc4ccccc4s3)n2C[C@H]2CCCO2)cc1. The Kier molecular flexibility index (Phi) is 6.99. The number of nitriles is 1. The van der Waals surface area contributed by atoms with Gasteiger partial charge in [0, 0.05) is 12.2 Å². The normalized spacial score (nSPS) is 16.3. The fourth-order valence-corrected chi connectivity index (χ4v) is 5.73. The van der Waals surface area contributed by atoms with Crippen LogP contribution in [0.25, 0.3) is 27.2 Å². The van der Waals surface area contributed by atoms with Crippen molar-refractivity contribution >= 4 is 38.9 Å². The van der Waals surface area contributed by atoms with Crippen LogP contribution in [-0.2, 0) is 11.3 Å². The molecule has 0 unspecified atom stereocenters. The molecule has 0 bridgehead atoms. The first-order chi connectivity index (χ1) is 17.2. The fourth-order valence-electron chi connectivity index (χ4n) is 3.93. The second-order valence-corrected chi connectivity index (χ2v) is 9.96. The number of ether oxygens (including phenoxy) is 2. The number of aliphatic hydroxyl groups excluding tert-OH is 1. The van der Waals surface area contributed by atoms with Crippen molar-refractivity contribution in [2.45, 2.75) is 30.6 Å². The van der Waals surface area contributed by atoms with Crippen molar-refractivity contribution in [2.24, 2.45) is 0 Å². The Morgan fingerprint density at radius 3 is 2.80 bits per heavy atom. The standard InChI is InChI=1S/C25H23N5O3S2/c1-32-17-10-8-16(9-11-17)23-28-29-25(30(23)14-18-5-4-12-33-18)34-15-21(31)19(13-26)24-27-20-6-2-3-7-22(20)35-24/h2-3,6-11,18,31H,4-5,12,14-15H2,1H3/t18-/m1/s1. The molecule has 5 rings (SSSR count). The lowest BCUT2D eigenvalue weighted by Gasteiger charge is -2.15. The van der Waals surface area contributed by atoms with E-state index in [9.17, 15) is 10.4 Å². The van der Waals surface area contributed by atoms with Gasteiger partial charge in [-0.15, -0.1) is 21.5 Å². The van der Waals surface area contributed by atoms with Gasteiger partial charge in [0.2, 0.25) is 0 Å². The molecule has 0 radical (unpaired) electrons. The summed E-state index contributed by atoms with van der Waals surface area (Å²) in [6.07, 6.45) is 2.10. The van der Waals surface area contributed by atoms with E-state index in [1.165, 1.54) is 23.1 Å². The molecule has 3 heterocycles. The number of methoxy groups -OCH3 is 1. The van der Waals surface area contributed by atoms with Crippen LogP contribution in [0, 0.1) is 11.3 Å². The lowest BCUT2D eigenvalue weighted by Crippen LogP contribution is -2.16. The maximum atomic E-state index is 10.8. The van der Waals surface area contributed by atoms with Gasteiger partial charge in [0.15, 0.2) is 11.0 Å². The molecule has 1 aliphatic rings. The van der Waals surface area contributed by atoms with E-state index in [-0.39, 0.29) is 23.2 Å². The number of rotatable bonds is 8. The molecule has 0 amide bonds. The first-order valence-electron chi connectivity index (χ1n) is 11.2. The third-order valence-corrected chi connectivity index (χ3v) is 7.75. The summed E-state index contributed by atoms with van der Waals surface area (Å²) in [5.41, 5.74) is 1.90. The van der Waals surface area contributed by atoms with Crippen molar-refractivity contribution in [1.29, 1.82) is 5.26 Å². The summed E-state index contributed by atoms with van der Waals surface area (Å²) in [5.74, 6) is 1.63. The van der Waals surface area contributed by atoms with Crippen molar-refractivity contribution in [3.8, 4) is 23.2 Å². The minimum Gasteiger partial charge on any atom is -0.510 e. The average molecular weight is 506 g/mol. The smallest absolute Gasteiger partial charge is 0.192 e. The van der Waals surface area contributed by atoms with Crippen molar-refractivity contribution < 1.29 is 14.6 Å². The topological polar surface area (TPSA) is 106 Å². The van der Waals surface area contributed by atoms with Gasteiger partial charge < -0.3 is 14.6 Å². The Hall–Kier alpha value is -3.39. The van der Waals surface area contributed by atoms with E-state index >= 15 is 0 Å². The molecule has 1 saturated heterocycles. The number of allylic oxidation sites excluding steroid dienone is 1. The van der Waals surface area contributed by atoms with Crippen LogP contribution >= 0.6 is 23.1 Å². The van der Waals surface area contributed by atoms with Gasteiger partial charge in [-0.05, 0) is 49.2 Å². The largest absolute Gasteiger partial charge is 0.510 e. The Balaban J connectivity index is 1.42. The van der Waals surface area contributed by atoms with E-state index in [1.807, 2.05) is 53.1 Å². The minimum atomic E-state index is -0.0331. The number of hydrogen-bond acceptors (Lipinski definition) is 9. The molecule has 8 nitrogen and oxygen atoms in total. The molecule has 1 aliphatic heterocycles. The highest BCUT2D eigenvalue weighted by atomic mass is 32.2. The summed E-state index contributed by atoms with van der Waals surface area (Å²) in [6, 6.07) is 17.5. The van der Waals surface area contributed by atoms with Gasteiger partial charge in [0.25, 0.3) is 0 Å². The predicted molar refractivity (Wildman–Crippen MR) is 136 cm³/mol. The number of aliphatic hydroxyl groups is 1. The van der Waals surface area contributed by atoms with E-state index < -0.39 is 0 Å². The molecular weight excluding hydrogens is 482 g/mol. The van der Waals surface area contributed by atoms with Crippen LogP contribution in [0.1, 0.15) is 17.8 Å². The molecule has 10 heteroatoms. The zero-order chi connectivity index (χ0) is 24.2. The third-order valence-electron chi connectivity index (χ3n) is 5.72. The molecule has 0 saturated carbocycles. The minimum absolute atomic E-state index is 0.0331. The molecule has 1 atom stereocenters. The number of thiazole rings is 1. The first-order valence-corrected chi connectivity index (χ1v) is 13.0. The molecule has 2 aromatic carbocycles. The zero-order valence-electron chi connectivity index (χ0n) is 19.0. The number of aromatic nitrogens is 4. The third kappa shape index (κ3) is 5.03. The average Bonchev–Trinajstić information content (AvgIpc) is 3.64. The van der Waals surface area contributed by atoms with E-state index in [2.05, 4.69) is 21.3 Å². The van der Waals surface area contributed by atoms with E-state index in [4.69, 9.17) is 9.47 Å². The molecule has 35 heavy (non-hydrogen) atoms. The molecular formula is C25H23N5O3S2. The molecule has 0 spiro atoms. The van der Waals surface area contributed by atoms with Crippen LogP contribution in [0.2, 0.25) is 0 Å². The molecule has 178 valence electrons. The second kappa shape index (κ2) is 10.5. The van der Waals surface area contributed by atoms with Crippen LogP contribution in [0.5, 0.6) is 5.75 Å².